The van der Waals surface area contributed by atoms with Crippen LogP contribution >= 0.6 is 31.9 Å². The Morgan fingerprint density at radius 2 is 0.913 bits per heavy atom. The van der Waals surface area contributed by atoms with Crippen LogP contribution in [0, 0.1) is 11.8 Å². The van der Waals surface area contributed by atoms with Crippen LogP contribution in [-0.2, 0) is 9.59 Å². The van der Waals surface area contributed by atoms with E-state index in [4.69, 9.17) is 0 Å². The molecule has 4 nitrogen and oxygen atoms in total. The van der Waals surface area contributed by atoms with E-state index in [2.05, 4.69) is 93.6 Å². The third-order valence-electron chi connectivity index (χ3n) is 9.54. The van der Waals surface area contributed by atoms with Gasteiger partial charge in [-0.15, -0.1) is 0 Å². The maximum atomic E-state index is 14.8. The van der Waals surface area contributed by atoms with Crippen molar-refractivity contribution in [2.24, 2.45) is 11.8 Å². The monoisotopic (exact) mass is 888 g/mol. The van der Waals surface area contributed by atoms with Gasteiger partial charge in [-0.25, -0.2) is 0 Å². The SMILES string of the molecule is CCCCCCC(CCCC)CN1C(=O)C2=C(c3ccc(Br)[se]3)N(CC(CCCC)CCCCCC)C(=O)C2=C1c1ccc(Br)[se]1. The van der Waals surface area contributed by atoms with Gasteiger partial charge in [-0.1, -0.05) is 0 Å². The van der Waals surface area contributed by atoms with Crippen LogP contribution in [-0.4, -0.2) is 63.7 Å². The Balaban J connectivity index is 1.77. The van der Waals surface area contributed by atoms with Crippen molar-refractivity contribution < 1.29 is 9.59 Å². The number of rotatable bonds is 22. The van der Waals surface area contributed by atoms with E-state index in [-0.39, 0.29) is 40.8 Å². The van der Waals surface area contributed by atoms with Crippen LogP contribution in [0.1, 0.15) is 139 Å². The van der Waals surface area contributed by atoms with Crippen molar-refractivity contribution in [2.75, 3.05) is 13.1 Å². The van der Waals surface area contributed by atoms with Crippen LogP contribution in [0.25, 0.3) is 11.4 Å². The molecule has 2 unspecified atom stereocenters. The second-order valence-corrected chi connectivity index (χ2v) is 21.8. The van der Waals surface area contributed by atoms with Crippen LogP contribution in [0.3, 0.4) is 0 Å². The molecule has 0 spiro atoms. The number of hydrogen-bond donors (Lipinski definition) is 0. The summed E-state index contributed by atoms with van der Waals surface area (Å²) in [4.78, 5) is 33.7. The summed E-state index contributed by atoms with van der Waals surface area (Å²) in [6.07, 6.45) is 19.2. The Kier molecular flexibility index (Phi) is 16.2. The van der Waals surface area contributed by atoms with E-state index < -0.39 is 0 Å². The molecule has 2 aliphatic heterocycles. The number of fused-ring (bicyclic) bond motifs is 1. The molecule has 0 saturated heterocycles. The fourth-order valence-corrected chi connectivity index (χ4v) is 12.4. The number of halogens is 2. The number of carbonyl (C=O) groups is 2. The molecule has 4 rings (SSSR count). The first-order valence-electron chi connectivity index (χ1n) is 18.0. The number of carbonyl (C=O) groups excluding carboxylic acids is 2. The van der Waals surface area contributed by atoms with Gasteiger partial charge in [0.05, 0.1) is 0 Å². The molecular formula is C38H54Br2N2O2Se2. The maximum absolute atomic E-state index is 14.8. The van der Waals surface area contributed by atoms with E-state index in [0.717, 1.165) is 58.8 Å². The molecule has 0 N–H and O–H groups in total. The van der Waals surface area contributed by atoms with Gasteiger partial charge < -0.3 is 0 Å². The molecule has 4 heterocycles. The average Bonchev–Trinajstić information content (AvgIpc) is 3.80. The van der Waals surface area contributed by atoms with E-state index in [1.54, 1.807) is 0 Å². The number of nitrogens with zero attached hydrogens (tertiary/aromatic N) is 2. The van der Waals surface area contributed by atoms with Crippen LogP contribution in [0.15, 0.2) is 42.1 Å². The van der Waals surface area contributed by atoms with Crippen LogP contribution in [0.4, 0.5) is 0 Å². The van der Waals surface area contributed by atoms with E-state index in [1.165, 1.54) is 70.9 Å². The molecule has 2 aromatic rings. The van der Waals surface area contributed by atoms with Crippen molar-refractivity contribution in [2.45, 2.75) is 130 Å². The van der Waals surface area contributed by atoms with Gasteiger partial charge >= 0.3 is 310 Å². The zero-order valence-corrected chi connectivity index (χ0v) is 35.1. The number of amides is 2. The molecule has 46 heavy (non-hydrogen) atoms. The molecule has 0 aliphatic carbocycles. The van der Waals surface area contributed by atoms with E-state index in [0.29, 0.717) is 36.1 Å². The van der Waals surface area contributed by atoms with Crippen LogP contribution in [0.5, 0.6) is 0 Å². The van der Waals surface area contributed by atoms with Crippen molar-refractivity contribution in [3.05, 3.63) is 51.0 Å². The minimum absolute atomic E-state index is 0.0499. The van der Waals surface area contributed by atoms with E-state index >= 15 is 0 Å². The van der Waals surface area contributed by atoms with Gasteiger partial charge in [0, 0.05) is 0 Å². The molecular weight excluding hydrogens is 834 g/mol. The summed E-state index contributed by atoms with van der Waals surface area (Å²) < 4.78 is 4.64. The van der Waals surface area contributed by atoms with Crippen molar-refractivity contribution in [3.63, 3.8) is 0 Å². The van der Waals surface area contributed by atoms with Crippen LogP contribution in [0.2, 0.25) is 0 Å². The summed E-state index contributed by atoms with van der Waals surface area (Å²) in [6, 6.07) is 8.54. The standard InChI is InChI=1S/C38H54Br2N2O2Se2/c1-5-9-13-15-19-27(17-11-7-3)25-41-35(29-21-23-31(39)45-29)33-34(37(41)43)36(30-22-24-32(40)46-30)42(38(33)44)26-28(18-12-8-4)20-16-14-10-6-2/h21-24,27-28H,5-20,25-26H2,1-4H3. The van der Waals surface area contributed by atoms with Crippen molar-refractivity contribution >= 4 is 84.1 Å². The van der Waals surface area contributed by atoms with Crippen molar-refractivity contribution in [1.29, 1.82) is 0 Å². The zero-order chi connectivity index (χ0) is 33.1. The second-order valence-electron chi connectivity index (χ2n) is 13.2. The van der Waals surface area contributed by atoms with Gasteiger partial charge in [-0.05, 0) is 0 Å². The van der Waals surface area contributed by atoms with E-state index in [1.807, 2.05) is 0 Å². The molecule has 0 bridgehead atoms. The Morgan fingerprint density at radius 1 is 0.543 bits per heavy atom. The topological polar surface area (TPSA) is 40.6 Å². The molecule has 0 fully saturated rings. The van der Waals surface area contributed by atoms with Crippen molar-refractivity contribution in [1.82, 2.24) is 9.80 Å². The zero-order valence-electron chi connectivity index (χ0n) is 28.5. The summed E-state index contributed by atoms with van der Waals surface area (Å²) in [5.41, 5.74) is 3.20. The van der Waals surface area contributed by atoms with Gasteiger partial charge in [0.25, 0.3) is 0 Å². The van der Waals surface area contributed by atoms with Gasteiger partial charge in [0.2, 0.25) is 0 Å². The third kappa shape index (κ3) is 9.75. The molecule has 0 saturated carbocycles. The number of unbranched alkanes of at least 4 members (excludes halogenated alkanes) is 8. The summed E-state index contributed by atoms with van der Waals surface area (Å²) in [5.74, 6) is 1.00. The fraction of sp³-hybridized carbons (Fsp3) is 0.632. The Morgan fingerprint density at radius 3 is 1.24 bits per heavy atom. The molecule has 0 aromatic carbocycles. The number of hydrogen-bond acceptors (Lipinski definition) is 2. The summed E-state index contributed by atoms with van der Waals surface area (Å²) >= 11 is 7.59. The van der Waals surface area contributed by atoms with Crippen molar-refractivity contribution in [3.8, 4) is 0 Å². The Hall–Kier alpha value is -0.621. The van der Waals surface area contributed by atoms with Gasteiger partial charge in [-0.3, -0.25) is 0 Å². The molecule has 0 radical (unpaired) electrons. The summed E-state index contributed by atoms with van der Waals surface area (Å²) in [5, 5.41) is 0. The van der Waals surface area contributed by atoms with Crippen LogP contribution < -0.4 is 0 Å². The molecule has 2 atom stereocenters. The predicted octanol–water partition coefficient (Wildman–Crippen LogP) is 10.7. The predicted molar refractivity (Wildman–Crippen MR) is 203 cm³/mol. The Labute approximate surface area is 307 Å². The molecule has 254 valence electrons. The second kappa shape index (κ2) is 19.5. The van der Waals surface area contributed by atoms with Gasteiger partial charge in [-0.2, -0.15) is 0 Å². The third-order valence-corrected chi connectivity index (χ3v) is 15.4. The molecule has 2 aromatic heterocycles. The van der Waals surface area contributed by atoms with Gasteiger partial charge in [0.1, 0.15) is 0 Å². The molecule has 8 heteroatoms. The summed E-state index contributed by atoms with van der Waals surface area (Å²) in [6.45, 7) is 10.5. The first kappa shape index (κ1) is 38.2. The molecule has 2 amide bonds. The van der Waals surface area contributed by atoms with E-state index in [9.17, 15) is 9.59 Å². The average molecular weight is 889 g/mol. The quantitative estimate of drug-likeness (QED) is 0.0873. The minimum atomic E-state index is 0.0499. The first-order valence-corrected chi connectivity index (χ1v) is 23.0. The molecule has 2 aliphatic rings. The fourth-order valence-electron chi connectivity index (χ4n) is 7.02. The first-order chi connectivity index (χ1) is 22.3. The Bertz CT molecular complexity index is 1260. The summed E-state index contributed by atoms with van der Waals surface area (Å²) in [7, 11) is 0. The van der Waals surface area contributed by atoms with Gasteiger partial charge in [0.15, 0.2) is 0 Å². The normalized spacial score (nSPS) is 16.4.